The standard InChI is InChI=1S/C10H16O6Si/c1-14-8(11)5-6-9(12)15-7-10(13)16-17(2,3)4/h5-6H,7H2,1-4H3/b6-5+. The fourth-order valence-corrected chi connectivity index (χ4v) is 1.50. The van der Waals surface area contributed by atoms with Crippen LogP contribution in [0.5, 0.6) is 0 Å². The zero-order chi connectivity index (χ0) is 13.5. The number of methoxy groups -OCH3 is 1. The second kappa shape index (κ2) is 6.84. The molecule has 96 valence electrons. The van der Waals surface area contributed by atoms with Crippen LogP contribution in [0.2, 0.25) is 19.6 Å². The molecule has 0 aromatic heterocycles. The van der Waals surface area contributed by atoms with Gasteiger partial charge in [-0.15, -0.1) is 0 Å². The molecular formula is C10H16O6Si. The predicted octanol–water partition coefficient (Wildman–Crippen LogP) is 0.637. The summed E-state index contributed by atoms with van der Waals surface area (Å²) >= 11 is 0. The van der Waals surface area contributed by atoms with Gasteiger partial charge in [-0.2, -0.15) is 0 Å². The fourth-order valence-electron chi connectivity index (χ4n) is 0.753. The van der Waals surface area contributed by atoms with E-state index in [0.717, 1.165) is 12.2 Å². The number of hydrogen-bond acceptors (Lipinski definition) is 6. The van der Waals surface area contributed by atoms with Gasteiger partial charge >= 0.3 is 17.9 Å². The van der Waals surface area contributed by atoms with Gasteiger partial charge in [0.25, 0.3) is 0 Å². The number of hydrogen-bond donors (Lipinski definition) is 0. The van der Waals surface area contributed by atoms with Crippen molar-refractivity contribution in [2.45, 2.75) is 19.6 Å². The van der Waals surface area contributed by atoms with Gasteiger partial charge in [0.15, 0.2) is 6.61 Å². The highest BCUT2D eigenvalue weighted by Crippen LogP contribution is 2.02. The van der Waals surface area contributed by atoms with Crippen LogP contribution in [0.4, 0.5) is 0 Å². The van der Waals surface area contributed by atoms with Crippen molar-refractivity contribution >= 4 is 26.2 Å². The van der Waals surface area contributed by atoms with Crippen molar-refractivity contribution in [2.75, 3.05) is 13.7 Å². The predicted molar refractivity (Wildman–Crippen MR) is 61.6 cm³/mol. The van der Waals surface area contributed by atoms with Crippen molar-refractivity contribution in [3.8, 4) is 0 Å². The van der Waals surface area contributed by atoms with Crippen LogP contribution in [0.15, 0.2) is 12.2 Å². The van der Waals surface area contributed by atoms with Crippen LogP contribution in [0.25, 0.3) is 0 Å². The van der Waals surface area contributed by atoms with Gasteiger partial charge < -0.3 is 13.9 Å². The van der Waals surface area contributed by atoms with Crippen LogP contribution >= 0.6 is 0 Å². The third-order valence-electron chi connectivity index (χ3n) is 1.31. The lowest BCUT2D eigenvalue weighted by Gasteiger charge is -2.16. The second-order valence-electron chi connectivity index (χ2n) is 4.05. The molecule has 0 aliphatic heterocycles. The lowest BCUT2D eigenvalue weighted by molar-refractivity contribution is -0.150. The van der Waals surface area contributed by atoms with E-state index in [2.05, 4.69) is 9.47 Å². The summed E-state index contributed by atoms with van der Waals surface area (Å²) in [5, 5.41) is 0. The molecule has 0 unspecified atom stereocenters. The van der Waals surface area contributed by atoms with Crippen molar-refractivity contribution in [2.24, 2.45) is 0 Å². The van der Waals surface area contributed by atoms with Crippen molar-refractivity contribution in [1.29, 1.82) is 0 Å². The SMILES string of the molecule is COC(=O)/C=C/C(=O)OCC(=O)O[Si](C)(C)C. The second-order valence-corrected chi connectivity index (χ2v) is 8.48. The first-order chi connectivity index (χ1) is 7.74. The van der Waals surface area contributed by atoms with Gasteiger partial charge in [0.1, 0.15) is 0 Å². The average Bonchev–Trinajstić information content (AvgIpc) is 2.20. The summed E-state index contributed by atoms with van der Waals surface area (Å²) < 4.78 is 13.9. The van der Waals surface area contributed by atoms with Gasteiger partial charge in [-0.05, 0) is 19.6 Å². The molecule has 7 heteroatoms. The van der Waals surface area contributed by atoms with E-state index in [9.17, 15) is 14.4 Å². The summed E-state index contributed by atoms with van der Waals surface area (Å²) in [6, 6.07) is 0. The molecule has 0 N–H and O–H groups in total. The van der Waals surface area contributed by atoms with Crippen molar-refractivity contribution in [3.05, 3.63) is 12.2 Å². The van der Waals surface area contributed by atoms with Gasteiger partial charge in [0, 0.05) is 12.2 Å². The first-order valence-corrected chi connectivity index (χ1v) is 8.30. The minimum absolute atomic E-state index is 0.464. The first kappa shape index (κ1) is 15.4. The summed E-state index contributed by atoms with van der Waals surface area (Å²) in [5.41, 5.74) is 0. The molecule has 0 atom stereocenters. The number of ether oxygens (including phenoxy) is 2. The largest absolute Gasteiger partial charge is 0.517 e. The van der Waals surface area contributed by atoms with Gasteiger partial charge in [0.2, 0.25) is 8.32 Å². The molecule has 0 aliphatic rings. The highest BCUT2D eigenvalue weighted by atomic mass is 28.4. The van der Waals surface area contributed by atoms with E-state index in [1.165, 1.54) is 7.11 Å². The topological polar surface area (TPSA) is 78.9 Å². The summed E-state index contributed by atoms with van der Waals surface area (Å²) in [7, 11) is -0.784. The summed E-state index contributed by atoms with van der Waals surface area (Å²) in [6.45, 7) is 5.05. The molecular weight excluding hydrogens is 244 g/mol. The molecule has 17 heavy (non-hydrogen) atoms. The Morgan fingerprint density at radius 2 is 1.59 bits per heavy atom. The highest BCUT2D eigenvalue weighted by molar-refractivity contribution is 6.71. The van der Waals surface area contributed by atoms with E-state index in [4.69, 9.17) is 4.43 Å². The number of carbonyl (C=O) groups excluding carboxylic acids is 3. The van der Waals surface area contributed by atoms with E-state index in [0.29, 0.717) is 0 Å². The minimum Gasteiger partial charge on any atom is -0.517 e. The maximum absolute atomic E-state index is 11.2. The van der Waals surface area contributed by atoms with E-state index < -0.39 is 32.8 Å². The van der Waals surface area contributed by atoms with E-state index in [-0.39, 0.29) is 0 Å². The maximum Gasteiger partial charge on any atom is 0.331 e. The Morgan fingerprint density at radius 3 is 2.06 bits per heavy atom. The van der Waals surface area contributed by atoms with Crippen LogP contribution in [-0.4, -0.2) is 39.9 Å². The molecule has 6 nitrogen and oxygen atoms in total. The molecule has 0 radical (unpaired) electrons. The zero-order valence-corrected chi connectivity index (χ0v) is 11.3. The highest BCUT2D eigenvalue weighted by Gasteiger charge is 2.20. The smallest absolute Gasteiger partial charge is 0.331 e. The Balaban J connectivity index is 3.97. The molecule has 0 heterocycles. The van der Waals surface area contributed by atoms with Crippen LogP contribution in [-0.2, 0) is 28.3 Å². The molecule has 0 saturated heterocycles. The van der Waals surface area contributed by atoms with E-state index in [1.807, 2.05) is 19.6 Å². The maximum atomic E-state index is 11.2. The van der Waals surface area contributed by atoms with Crippen molar-refractivity contribution in [1.82, 2.24) is 0 Å². The lowest BCUT2D eigenvalue weighted by Crippen LogP contribution is -2.31. The Morgan fingerprint density at radius 1 is 1.06 bits per heavy atom. The monoisotopic (exact) mass is 260 g/mol. The van der Waals surface area contributed by atoms with Gasteiger partial charge in [-0.25, -0.2) is 14.4 Å². The molecule has 0 saturated carbocycles. The molecule has 0 amide bonds. The average molecular weight is 260 g/mol. The van der Waals surface area contributed by atoms with Crippen molar-refractivity contribution < 1.29 is 28.3 Å². The molecule has 0 spiro atoms. The van der Waals surface area contributed by atoms with Crippen LogP contribution in [0.1, 0.15) is 0 Å². The summed E-state index contributed by atoms with van der Waals surface area (Å²) in [5.74, 6) is -2.07. The molecule has 0 fully saturated rings. The third kappa shape index (κ3) is 9.30. The lowest BCUT2D eigenvalue weighted by atomic mass is 10.5. The Labute approximate surface area is 101 Å². The molecule has 0 aromatic rings. The van der Waals surface area contributed by atoms with Gasteiger partial charge in [-0.3, -0.25) is 0 Å². The molecule has 0 bridgehead atoms. The molecule has 0 aliphatic carbocycles. The van der Waals surface area contributed by atoms with Gasteiger partial charge in [-0.1, -0.05) is 0 Å². The quantitative estimate of drug-likeness (QED) is 0.410. The Hall–Kier alpha value is -1.63. The normalized spacial score (nSPS) is 11.1. The first-order valence-electron chi connectivity index (χ1n) is 4.89. The Kier molecular flexibility index (Phi) is 6.19. The van der Waals surface area contributed by atoms with Crippen LogP contribution < -0.4 is 0 Å². The fraction of sp³-hybridized carbons (Fsp3) is 0.500. The van der Waals surface area contributed by atoms with Crippen molar-refractivity contribution in [3.63, 3.8) is 0 Å². The van der Waals surface area contributed by atoms with Gasteiger partial charge in [0.05, 0.1) is 7.11 Å². The molecule has 0 aromatic carbocycles. The van der Waals surface area contributed by atoms with E-state index >= 15 is 0 Å². The number of esters is 2. The van der Waals surface area contributed by atoms with Crippen LogP contribution in [0, 0.1) is 0 Å². The zero-order valence-electron chi connectivity index (χ0n) is 10.3. The molecule has 0 rings (SSSR count). The Bertz CT molecular complexity index is 328. The summed E-state index contributed by atoms with van der Waals surface area (Å²) in [6.07, 6.45) is 1.79. The number of rotatable bonds is 5. The minimum atomic E-state index is -1.97. The van der Waals surface area contributed by atoms with Crippen LogP contribution in [0.3, 0.4) is 0 Å². The third-order valence-corrected chi connectivity index (χ3v) is 2.15. The summed E-state index contributed by atoms with van der Waals surface area (Å²) in [4.78, 5) is 32.8. The number of carbonyl (C=O) groups is 3. The van der Waals surface area contributed by atoms with E-state index in [1.54, 1.807) is 0 Å².